The van der Waals surface area contributed by atoms with Crippen LogP contribution in [0.1, 0.15) is 18.9 Å². The molecule has 1 N–H and O–H groups in total. The summed E-state index contributed by atoms with van der Waals surface area (Å²) in [5.74, 6) is 1.70. The average molecular weight is 492 g/mol. The normalized spacial score (nSPS) is 15.0. The highest BCUT2D eigenvalue weighted by molar-refractivity contribution is 6.30. The van der Waals surface area contributed by atoms with Gasteiger partial charge in [-0.25, -0.2) is 0 Å². The maximum atomic E-state index is 13.1. The number of hydrogen-bond donors (Lipinski definition) is 1. The SMILES string of the molecule is CC1CCN(C(=O)CN(CC(=O)NCc2cccc(Cl)c2)c2cccc(Oc3ccccc3)c2)C1. The van der Waals surface area contributed by atoms with Crippen LogP contribution < -0.4 is 15.0 Å². The number of benzene rings is 3. The number of nitrogens with one attached hydrogen (secondary N) is 1. The van der Waals surface area contributed by atoms with Gasteiger partial charge in [-0.05, 0) is 54.3 Å². The molecule has 0 radical (unpaired) electrons. The van der Waals surface area contributed by atoms with Gasteiger partial charge in [0.25, 0.3) is 0 Å². The van der Waals surface area contributed by atoms with Gasteiger partial charge in [-0.2, -0.15) is 0 Å². The van der Waals surface area contributed by atoms with Gasteiger partial charge in [-0.15, -0.1) is 0 Å². The van der Waals surface area contributed by atoms with E-state index >= 15 is 0 Å². The molecule has 1 saturated heterocycles. The van der Waals surface area contributed by atoms with Crippen molar-refractivity contribution in [1.82, 2.24) is 10.2 Å². The first-order valence-corrected chi connectivity index (χ1v) is 12.2. The van der Waals surface area contributed by atoms with Gasteiger partial charge in [0, 0.05) is 36.4 Å². The lowest BCUT2D eigenvalue weighted by molar-refractivity contribution is -0.128. The van der Waals surface area contributed by atoms with Gasteiger partial charge in [-0.3, -0.25) is 9.59 Å². The largest absolute Gasteiger partial charge is 0.457 e. The van der Waals surface area contributed by atoms with Gasteiger partial charge >= 0.3 is 0 Å². The summed E-state index contributed by atoms with van der Waals surface area (Å²) in [6.07, 6.45) is 1.01. The summed E-state index contributed by atoms with van der Waals surface area (Å²) in [6.45, 7) is 4.19. The van der Waals surface area contributed by atoms with Crippen molar-refractivity contribution in [3.63, 3.8) is 0 Å². The Labute approximate surface area is 211 Å². The van der Waals surface area contributed by atoms with Crippen molar-refractivity contribution in [3.05, 3.63) is 89.4 Å². The smallest absolute Gasteiger partial charge is 0.242 e. The fraction of sp³-hybridized carbons (Fsp3) is 0.286. The van der Waals surface area contributed by atoms with Gasteiger partial charge < -0.3 is 19.9 Å². The molecule has 1 heterocycles. The number of likely N-dealkylation sites (tertiary alicyclic amines) is 1. The lowest BCUT2D eigenvalue weighted by atomic mass is 10.2. The summed E-state index contributed by atoms with van der Waals surface area (Å²) in [4.78, 5) is 29.6. The van der Waals surface area contributed by atoms with Gasteiger partial charge in [0.05, 0.1) is 13.1 Å². The quantitative estimate of drug-likeness (QED) is 0.451. The van der Waals surface area contributed by atoms with E-state index in [0.717, 1.165) is 36.5 Å². The van der Waals surface area contributed by atoms with Crippen LogP contribution in [-0.4, -0.2) is 42.9 Å². The zero-order valence-corrected chi connectivity index (χ0v) is 20.6. The predicted molar refractivity (Wildman–Crippen MR) is 139 cm³/mol. The predicted octanol–water partition coefficient (Wildman–Crippen LogP) is 5.12. The van der Waals surface area contributed by atoms with E-state index in [9.17, 15) is 9.59 Å². The van der Waals surface area contributed by atoms with Crippen LogP contribution in [0.4, 0.5) is 5.69 Å². The standard InChI is InChI=1S/C28H30ClN3O3/c1-21-13-14-31(18-21)28(34)20-32(19-27(33)30-17-22-7-5-8-23(29)15-22)24-9-6-12-26(16-24)35-25-10-3-2-4-11-25/h2-12,15-16,21H,13-14,17-20H2,1H3,(H,30,33). The summed E-state index contributed by atoms with van der Waals surface area (Å²) in [7, 11) is 0. The van der Waals surface area contributed by atoms with Crippen LogP contribution in [0.2, 0.25) is 5.02 Å². The fourth-order valence-corrected chi connectivity index (χ4v) is 4.32. The number of amides is 2. The number of para-hydroxylation sites is 1. The van der Waals surface area contributed by atoms with E-state index in [4.69, 9.17) is 16.3 Å². The third kappa shape index (κ3) is 7.23. The molecule has 0 saturated carbocycles. The van der Waals surface area contributed by atoms with Gasteiger partial charge in [0.2, 0.25) is 11.8 Å². The number of halogens is 1. The number of nitrogens with zero attached hydrogens (tertiary/aromatic N) is 2. The molecule has 7 heteroatoms. The molecule has 1 fully saturated rings. The lowest BCUT2D eigenvalue weighted by Gasteiger charge is -2.27. The molecule has 35 heavy (non-hydrogen) atoms. The molecule has 1 atom stereocenters. The summed E-state index contributed by atoms with van der Waals surface area (Å²) in [5.41, 5.74) is 1.66. The Morgan fingerprint density at radius 3 is 2.51 bits per heavy atom. The minimum atomic E-state index is -0.179. The third-order valence-electron chi connectivity index (χ3n) is 5.98. The van der Waals surface area contributed by atoms with Crippen LogP contribution in [0.15, 0.2) is 78.9 Å². The number of anilines is 1. The summed E-state index contributed by atoms with van der Waals surface area (Å²) in [5, 5.41) is 3.56. The zero-order valence-electron chi connectivity index (χ0n) is 19.8. The molecular formula is C28H30ClN3O3. The maximum Gasteiger partial charge on any atom is 0.242 e. The Morgan fingerprint density at radius 2 is 1.77 bits per heavy atom. The summed E-state index contributed by atoms with van der Waals surface area (Å²) >= 11 is 6.05. The minimum absolute atomic E-state index is 0.0198. The summed E-state index contributed by atoms with van der Waals surface area (Å²) < 4.78 is 5.97. The van der Waals surface area contributed by atoms with Crippen molar-refractivity contribution in [1.29, 1.82) is 0 Å². The Kier molecular flexibility index (Phi) is 8.27. The first-order valence-electron chi connectivity index (χ1n) is 11.8. The van der Waals surface area contributed by atoms with Gasteiger partial charge in [-0.1, -0.05) is 54.9 Å². The average Bonchev–Trinajstić information content (AvgIpc) is 3.30. The van der Waals surface area contributed by atoms with E-state index in [-0.39, 0.29) is 24.9 Å². The van der Waals surface area contributed by atoms with Crippen molar-refractivity contribution in [2.45, 2.75) is 19.9 Å². The second kappa shape index (κ2) is 11.8. The number of rotatable bonds is 9. The molecule has 6 nitrogen and oxygen atoms in total. The van der Waals surface area contributed by atoms with Crippen LogP contribution in [0.3, 0.4) is 0 Å². The molecule has 3 aromatic carbocycles. The second-order valence-corrected chi connectivity index (χ2v) is 9.35. The van der Waals surface area contributed by atoms with Crippen LogP contribution in [0, 0.1) is 5.92 Å². The Morgan fingerprint density at radius 1 is 1.00 bits per heavy atom. The van der Waals surface area contributed by atoms with E-state index in [1.807, 2.05) is 77.7 Å². The third-order valence-corrected chi connectivity index (χ3v) is 6.21. The van der Waals surface area contributed by atoms with Crippen LogP contribution in [0.5, 0.6) is 11.5 Å². The number of hydrogen-bond acceptors (Lipinski definition) is 4. The Bertz CT molecular complexity index is 1150. The second-order valence-electron chi connectivity index (χ2n) is 8.91. The molecule has 1 aliphatic heterocycles. The van der Waals surface area contributed by atoms with E-state index in [1.54, 1.807) is 11.0 Å². The first kappa shape index (κ1) is 24.6. The Balaban J connectivity index is 1.48. The van der Waals surface area contributed by atoms with E-state index < -0.39 is 0 Å². The van der Waals surface area contributed by atoms with Crippen molar-refractivity contribution >= 4 is 29.1 Å². The number of carbonyl (C=O) groups excluding carboxylic acids is 2. The topological polar surface area (TPSA) is 61.9 Å². The molecule has 3 aromatic rings. The molecular weight excluding hydrogens is 462 g/mol. The highest BCUT2D eigenvalue weighted by atomic mass is 35.5. The maximum absolute atomic E-state index is 13.1. The summed E-state index contributed by atoms with van der Waals surface area (Å²) in [6, 6.07) is 24.4. The molecule has 2 amide bonds. The molecule has 1 aliphatic rings. The van der Waals surface area contributed by atoms with E-state index in [2.05, 4.69) is 12.2 Å². The van der Waals surface area contributed by atoms with Crippen LogP contribution in [-0.2, 0) is 16.1 Å². The minimum Gasteiger partial charge on any atom is -0.457 e. The molecule has 0 spiro atoms. The lowest BCUT2D eigenvalue weighted by Crippen LogP contribution is -2.44. The van der Waals surface area contributed by atoms with Crippen molar-refractivity contribution in [2.24, 2.45) is 5.92 Å². The molecule has 0 aliphatic carbocycles. The van der Waals surface area contributed by atoms with Crippen LogP contribution in [0.25, 0.3) is 0 Å². The van der Waals surface area contributed by atoms with Crippen molar-refractivity contribution in [2.75, 3.05) is 31.1 Å². The van der Waals surface area contributed by atoms with E-state index in [0.29, 0.717) is 23.2 Å². The van der Waals surface area contributed by atoms with Gasteiger partial charge in [0.1, 0.15) is 11.5 Å². The fourth-order valence-electron chi connectivity index (χ4n) is 4.11. The molecule has 4 rings (SSSR count). The monoisotopic (exact) mass is 491 g/mol. The number of ether oxygens (including phenoxy) is 1. The Hall–Kier alpha value is -3.51. The van der Waals surface area contributed by atoms with Crippen molar-refractivity contribution < 1.29 is 14.3 Å². The molecule has 1 unspecified atom stereocenters. The first-order chi connectivity index (χ1) is 17.0. The zero-order chi connectivity index (χ0) is 24.6. The van der Waals surface area contributed by atoms with Crippen LogP contribution >= 0.6 is 11.6 Å². The highest BCUT2D eigenvalue weighted by Gasteiger charge is 2.25. The number of carbonyl (C=O) groups is 2. The van der Waals surface area contributed by atoms with Crippen molar-refractivity contribution in [3.8, 4) is 11.5 Å². The van der Waals surface area contributed by atoms with Gasteiger partial charge in [0.15, 0.2) is 0 Å². The highest BCUT2D eigenvalue weighted by Crippen LogP contribution is 2.26. The molecule has 182 valence electrons. The molecule has 0 aromatic heterocycles. The van der Waals surface area contributed by atoms with E-state index in [1.165, 1.54) is 0 Å². The molecule has 0 bridgehead atoms.